The predicted molar refractivity (Wildman–Crippen MR) is 67.2 cm³/mol. The number of halogens is 3. The molecule has 1 atom stereocenters. The molecule has 0 saturated carbocycles. The number of nitrogens with one attached hydrogen (secondary N) is 2. The van der Waals surface area contributed by atoms with Gasteiger partial charge in [-0.25, -0.2) is 13.2 Å². The lowest BCUT2D eigenvalue weighted by molar-refractivity contribution is -0.120. The van der Waals surface area contributed by atoms with E-state index in [1.54, 1.807) is 0 Å². The lowest BCUT2D eigenvalue weighted by Crippen LogP contribution is -2.39. The predicted octanol–water partition coefficient (Wildman–Crippen LogP) is 2.68. The van der Waals surface area contributed by atoms with Crippen molar-refractivity contribution >= 4 is 11.6 Å². The van der Waals surface area contributed by atoms with E-state index >= 15 is 0 Å². The van der Waals surface area contributed by atoms with E-state index in [4.69, 9.17) is 0 Å². The molecule has 3 nitrogen and oxygen atoms in total. The van der Waals surface area contributed by atoms with Gasteiger partial charge in [0.1, 0.15) is 0 Å². The maximum Gasteiger partial charge on any atom is 0.239 e. The van der Waals surface area contributed by atoms with Crippen molar-refractivity contribution < 1.29 is 18.0 Å². The number of benzene rings is 1. The summed E-state index contributed by atoms with van der Waals surface area (Å²) < 4.78 is 38.6. The van der Waals surface area contributed by atoms with E-state index in [9.17, 15) is 18.0 Å². The van der Waals surface area contributed by atoms with E-state index in [1.807, 2.05) is 20.8 Å². The topological polar surface area (TPSA) is 41.1 Å². The average Bonchev–Trinajstić information content (AvgIpc) is 2.33. The Labute approximate surface area is 110 Å². The molecule has 106 valence electrons. The number of amides is 1. The van der Waals surface area contributed by atoms with Crippen molar-refractivity contribution in [2.75, 3.05) is 11.9 Å². The Morgan fingerprint density at radius 1 is 1.16 bits per heavy atom. The van der Waals surface area contributed by atoms with Gasteiger partial charge < -0.3 is 10.6 Å². The summed E-state index contributed by atoms with van der Waals surface area (Å²) in [6, 6.07) is 1.60. The van der Waals surface area contributed by atoms with Crippen LogP contribution in [-0.4, -0.2) is 18.5 Å². The molecule has 1 rings (SSSR count). The first kappa shape index (κ1) is 15.3. The van der Waals surface area contributed by atoms with Gasteiger partial charge in [0.25, 0.3) is 0 Å². The highest BCUT2D eigenvalue weighted by Gasteiger charge is 2.13. The summed E-state index contributed by atoms with van der Waals surface area (Å²) in [6.45, 7) is 5.65. The molecule has 0 aliphatic carbocycles. The Morgan fingerprint density at radius 3 is 2.16 bits per heavy atom. The van der Waals surface area contributed by atoms with Gasteiger partial charge in [-0.2, -0.15) is 0 Å². The molecule has 0 aliphatic heterocycles. The van der Waals surface area contributed by atoms with E-state index in [0.717, 1.165) is 12.1 Å². The molecule has 1 aromatic rings. The highest BCUT2D eigenvalue weighted by molar-refractivity contribution is 5.80. The minimum absolute atomic E-state index is 0.00371. The van der Waals surface area contributed by atoms with E-state index < -0.39 is 17.5 Å². The molecule has 1 unspecified atom stereocenters. The van der Waals surface area contributed by atoms with Gasteiger partial charge in [0, 0.05) is 23.9 Å². The first-order chi connectivity index (χ1) is 8.81. The first-order valence-corrected chi connectivity index (χ1v) is 5.99. The Hall–Kier alpha value is -1.72. The van der Waals surface area contributed by atoms with Gasteiger partial charge in [-0.15, -0.1) is 0 Å². The lowest BCUT2D eigenvalue weighted by atomic mass is 10.1. The molecule has 0 saturated heterocycles. The standard InChI is InChI=1S/C13H17F3N2O/c1-7(2)8(3)18-12(19)6-17-9-4-10(14)13(16)11(15)5-9/h4-5,7-8,17H,6H2,1-3H3,(H,18,19). The second kappa shape index (κ2) is 6.45. The summed E-state index contributed by atoms with van der Waals surface area (Å²) in [6.07, 6.45) is 0. The van der Waals surface area contributed by atoms with Gasteiger partial charge in [0.05, 0.1) is 6.54 Å². The number of hydrogen-bond donors (Lipinski definition) is 2. The van der Waals surface area contributed by atoms with Gasteiger partial charge in [-0.3, -0.25) is 4.79 Å². The Kier molecular flexibility index (Phi) is 5.20. The molecule has 19 heavy (non-hydrogen) atoms. The monoisotopic (exact) mass is 274 g/mol. The Morgan fingerprint density at radius 2 is 1.68 bits per heavy atom. The minimum atomic E-state index is -1.52. The maximum atomic E-state index is 12.9. The zero-order valence-corrected chi connectivity index (χ0v) is 11.1. The van der Waals surface area contributed by atoms with Crippen LogP contribution in [0.2, 0.25) is 0 Å². The summed E-state index contributed by atoms with van der Waals surface area (Å²) in [5.74, 6) is -4.13. The zero-order valence-electron chi connectivity index (χ0n) is 11.1. The molecule has 1 amide bonds. The maximum absolute atomic E-state index is 12.9. The summed E-state index contributed by atoms with van der Waals surface area (Å²) in [4.78, 5) is 11.5. The number of rotatable bonds is 5. The van der Waals surface area contributed by atoms with Gasteiger partial charge in [0.2, 0.25) is 5.91 Å². The minimum Gasteiger partial charge on any atom is -0.376 e. The number of carbonyl (C=O) groups is 1. The molecule has 0 fully saturated rings. The molecule has 0 spiro atoms. The fourth-order valence-corrected chi connectivity index (χ4v) is 1.31. The third-order valence-electron chi connectivity index (χ3n) is 2.83. The summed E-state index contributed by atoms with van der Waals surface area (Å²) >= 11 is 0. The largest absolute Gasteiger partial charge is 0.376 e. The van der Waals surface area contributed by atoms with E-state index in [-0.39, 0.29) is 30.1 Å². The zero-order chi connectivity index (χ0) is 14.6. The SMILES string of the molecule is CC(C)C(C)NC(=O)CNc1cc(F)c(F)c(F)c1. The molecule has 0 aliphatic rings. The van der Waals surface area contributed by atoms with Crippen LogP contribution in [-0.2, 0) is 4.79 Å². The summed E-state index contributed by atoms with van der Waals surface area (Å²) in [5.41, 5.74) is 0.0174. The second-order valence-corrected chi connectivity index (χ2v) is 4.71. The molecule has 2 N–H and O–H groups in total. The van der Waals surface area contributed by atoms with Gasteiger partial charge in [-0.05, 0) is 12.8 Å². The Bertz CT molecular complexity index is 440. The molecular weight excluding hydrogens is 257 g/mol. The molecule has 6 heteroatoms. The Balaban J connectivity index is 2.55. The van der Waals surface area contributed by atoms with Crippen molar-refractivity contribution in [2.24, 2.45) is 5.92 Å². The smallest absolute Gasteiger partial charge is 0.239 e. The van der Waals surface area contributed by atoms with Crippen LogP contribution in [0.15, 0.2) is 12.1 Å². The normalized spacial score (nSPS) is 12.4. The highest BCUT2D eigenvalue weighted by Crippen LogP contribution is 2.16. The molecule has 0 bridgehead atoms. The van der Waals surface area contributed by atoms with E-state index in [2.05, 4.69) is 10.6 Å². The van der Waals surface area contributed by atoms with Crippen molar-refractivity contribution in [1.82, 2.24) is 5.32 Å². The average molecular weight is 274 g/mol. The van der Waals surface area contributed by atoms with Crippen LogP contribution in [0, 0.1) is 23.4 Å². The molecule has 0 aromatic heterocycles. The highest BCUT2D eigenvalue weighted by atomic mass is 19.2. The van der Waals surface area contributed by atoms with Gasteiger partial charge in [-0.1, -0.05) is 13.8 Å². The molecule has 1 aromatic carbocycles. The number of hydrogen-bond acceptors (Lipinski definition) is 2. The van der Waals surface area contributed by atoms with E-state index in [1.165, 1.54) is 0 Å². The van der Waals surface area contributed by atoms with Gasteiger partial charge in [0.15, 0.2) is 17.5 Å². The fraction of sp³-hybridized carbons (Fsp3) is 0.462. The van der Waals surface area contributed by atoms with Crippen molar-refractivity contribution in [1.29, 1.82) is 0 Å². The summed E-state index contributed by atoms with van der Waals surface area (Å²) in [5, 5.41) is 5.27. The fourth-order valence-electron chi connectivity index (χ4n) is 1.31. The van der Waals surface area contributed by atoms with Crippen molar-refractivity contribution in [3.05, 3.63) is 29.6 Å². The van der Waals surface area contributed by atoms with Crippen molar-refractivity contribution in [3.63, 3.8) is 0 Å². The number of anilines is 1. The van der Waals surface area contributed by atoms with Crippen LogP contribution >= 0.6 is 0 Å². The van der Waals surface area contributed by atoms with Crippen LogP contribution in [0.5, 0.6) is 0 Å². The van der Waals surface area contributed by atoms with Crippen LogP contribution in [0.3, 0.4) is 0 Å². The van der Waals surface area contributed by atoms with Crippen LogP contribution in [0.4, 0.5) is 18.9 Å². The first-order valence-electron chi connectivity index (χ1n) is 5.99. The third-order valence-corrected chi connectivity index (χ3v) is 2.83. The van der Waals surface area contributed by atoms with Crippen LogP contribution in [0.1, 0.15) is 20.8 Å². The molecule has 0 radical (unpaired) electrons. The van der Waals surface area contributed by atoms with Crippen LogP contribution in [0.25, 0.3) is 0 Å². The van der Waals surface area contributed by atoms with Crippen molar-refractivity contribution in [2.45, 2.75) is 26.8 Å². The van der Waals surface area contributed by atoms with Gasteiger partial charge >= 0.3 is 0 Å². The molecule has 0 heterocycles. The second-order valence-electron chi connectivity index (χ2n) is 4.71. The molecular formula is C13H17F3N2O. The summed E-state index contributed by atoms with van der Waals surface area (Å²) in [7, 11) is 0. The van der Waals surface area contributed by atoms with Crippen LogP contribution < -0.4 is 10.6 Å². The van der Waals surface area contributed by atoms with E-state index in [0.29, 0.717) is 0 Å². The number of carbonyl (C=O) groups excluding carboxylic acids is 1. The third kappa shape index (κ3) is 4.46. The quantitative estimate of drug-likeness (QED) is 0.810. The van der Waals surface area contributed by atoms with Crippen molar-refractivity contribution in [3.8, 4) is 0 Å². The lowest BCUT2D eigenvalue weighted by Gasteiger charge is -2.17.